The van der Waals surface area contributed by atoms with Gasteiger partial charge in [-0.05, 0) is 70.4 Å². The number of amides is 1. The molecule has 5 nitrogen and oxygen atoms in total. The number of nitrogens with zero attached hydrogens (tertiary/aromatic N) is 1. The molecule has 0 saturated heterocycles. The van der Waals surface area contributed by atoms with Gasteiger partial charge in [-0.2, -0.15) is 0 Å². The Bertz CT molecular complexity index is 1250. The molecule has 0 aromatic heterocycles. The number of rotatable bonds is 5. The minimum Gasteiger partial charge on any atom is -0.493 e. The summed E-state index contributed by atoms with van der Waals surface area (Å²) in [5.41, 5.74) is 3.99. The van der Waals surface area contributed by atoms with Crippen LogP contribution in [0.2, 0.25) is 0 Å². The van der Waals surface area contributed by atoms with E-state index in [1.165, 1.54) is 0 Å². The smallest absolute Gasteiger partial charge is 0.262 e. The van der Waals surface area contributed by atoms with Gasteiger partial charge < -0.3 is 14.2 Å². The Morgan fingerprint density at radius 1 is 1.03 bits per heavy atom. The van der Waals surface area contributed by atoms with Crippen molar-refractivity contribution in [3.63, 3.8) is 0 Å². The standard InChI is InChI=1S/C26H20BrNO4/c1-2-30-23-10-8-17(13-21(23)27)12-19-14-22(18-6-4-3-5-7-18)28(26(19)29)20-9-11-24-25(15-20)32-16-31-24/h3-15H,2,16H2,1H3/b19-12+. The van der Waals surface area contributed by atoms with Crippen LogP contribution in [0.15, 0.2) is 82.9 Å². The zero-order valence-corrected chi connectivity index (χ0v) is 19.0. The molecule has 3 aromatic rings. The van der Waals surface area contributed by atoms with E-state index < -0.39 is 0 Å². The number of carbonyl (C=O) groups excluding carboxylic acids is 1. The first-order valence-electron chi connectivity index (χ1n) is 10.3. The highest BCUT2D eigenvalue weighted by Crippen LogP contribution is 2.41. The van der Waals surface area contributed by atoms with Gasteiger partial charge in [0.15, 0.2) is 11.5 Å². The predicted octanol–water partition coefficient (Wildman–Crippen LogP) is 6.05. The van der Waals surface area contributed by atoms with Crippen LogP contribution in [-0.4, -0.2) is 19.3 Å². The van der Waals surface area contributed by atoms with Gasteiger partial charge in [0, 0.05) is 11.6 Å². The molecule has 5 rings (SSSR count). The maximum absolute atomic E-state index is 13.5. The molecule has 2 aliphatic rings. The Morgan fingerprint density at radius 3 is 2.62 bits per heavy atom. The molecule has 0 aliphatic carbocycles. The summed E-state index contributed by atoms with van der Waals surface area (Å²) in [6.07, 6.45) is 3.81. The van der Waals surface area contributed by atoms with E-state index in [0.717, 1.165) is 32.7 Å². The van der Waals surface area contributed by atoms with Crippen molar-refractivity contribution in [1.82, 2.24) is 0 Å². The molecule has 2 heterocycles. The largest absolute Gasteiger partial charge is 0.493 e. The molecule has 0 unspecified atom stereocenters. The number of hydrogen-bond donors (Lipinski definition) is 0. The fourth-order valence-electron chi connectivity index (χ4n) is 3.78. The fourth-order valence-corrected chi connectivity index (χ4v) is 4.29. The molecule has 0 bridgehead atoms. The van der Waals surface area contributed by atoms with Crippen LogP contribution in [0.3, 0.4) is 0 Å². The highest BCUT2D eigenvalue weighted by molar-refractivity contribution is 9.10. The predicted molar refractivity (Wildman–Crippen MR) is 128 cm³/mol. The van der Waals surface area contributed by atoms with Crippen molar-refractivity contribution in [2.24, 2.45) is 0 Å². The second kappa shape index (κ2) is 8.55. The average molecular weight is 490 g/mol. The Morgan fingerprint density at radius 2 is 1.84 bits per heavy atom. The van der Waals surface area contributed by atoms with Crippen molar-refractivity contribution in [2.45, 2.75) is 6.92 Å². The number of anilines is 1. The maximum Gasteiger partial charge on any atom is 0.262 e. The van der Waals surface area contributed by atoms with Crippen molar-refractivity contribution < 1.29 is 19.0 Å². The summed E-state index contributed by atoms with van der Waals surface area (Å²) in [5, 5.41) is 0. The van der Waals surface area contributed by atoms with E-state index in [9.17, 15) is 4.79 Å². The van der Waals surface area contributed by atoms with Crippen LogP contribution in [0.1, 0.15) is 18.1 Å². The van der Waals surface area contributed by atoms with Crippen LogP contribution in [0.4, 0.5) is 5.69 Å². The van der Waals surface area contributed by atoms with Gasteiger partial charge in [-0.15, -0.1) is 0 Å². The second-order valence-corrected chi connectivity index (χ2v) is 8.15. The first-order chi connectivity index (χ1) is 15.6. The molecule has 0 saturated carbocycles. The molecule has 0 N–H and O–H groups in total. The maximum atomic E-state index is 13.5. The van der Waals surface area contributed by atoms with Gasteiger partial charge in [-0.25, -0.2) is 0 Å². The third-order valence-corrected chi connectivity index (χ3v) is 5.86. The lowest BCUT2D eigenvalue weighted by molar-refractivity contribution is -0.113. The fraction of sp³-hybridized carbons (Fsp3) is 0.115. The van der Waals surface area contributed by atoms with Crippen molar-refractivity contribution >= 4 is 39.3 Å². The summed E-state index contributed by atoms with van der Waals surface area (Å²) in [5.74, 6) is 1.99. The van der Waals surface area contributed by atoms with E-state index in [1.54, 1.807) is 4.90 Å². The van der Waals surface area contributed by atoms with Crippen molar-refractivity contribution in [3.05, 3.63) is 94.0 Å². The molecular formula is C26H20BrNO4. The van der Waals surface area contributed by atoms with Crippen LogP contribution >= 0.6 is 15.9 Å². The van der Waals surface area contributed by atoms with Gasteiger partial charge in [-0.1, -0.05) is 36.4 Å². The molecule has 0 fully saturated rings. The van der Waals surface area contributed by atoms with Gasteiger partial charge >= 0.3 is 0 Å². The Labute approximate surface area is 194 Å². The highest BCUT2D eigenvalue weighted by Gasteiger charge is 2.31. The third-order valence-electron chi connectivity index (χ3n) is 5.25. The van der Waals surface area contributed by atoms with E-state index in [2.05, 4.69) is 15.9 Å². The van der Waals surface area contributed by atoms with Crippen molar-refractivity contribution in [2.75, 3.05) is 18.3 Å². The zero-order chi connectivity index (χ0) is 22.1. The summed E-state index contributed by atoms with van der Waals surface area (Å²) in [7, 11) is 0. The zero-order valence-electron chi connectivity index (χ0n) is 17.4. The molecule has 1 amide bonds. The minimum absolute atomic E-state index is 0.104. The van der Waals surface area contributed by atoms with Crippen molar-refractivity contribution in [1.29, 1.82) is 0 Å². The molecule has 0 atom stereocenters. The minimum atomic E-state index is -0.104. The second-order valence-electron chi connectivity index (χ2n) is 7.30. The third kappa shape index (κ3) is 3.78. The summed E-state index contributed by atoms with van der Waals surface area (Å²) < 4.78 is 17.4. The molecule has 160 valence electrons. The number of ether oxygens (including phenoxy) is 3. The van der Waals surface area contributed by atoms with Crippen LogP contribution in [-0.2, 0) is 4.79 Å². The number of hydrogen-bond acceptors (Lipinski definition) is 4. The van der Waals surface area contributed by atoms with Crippen LogP contribution in [0, 0.1) is 0 Å². The monoisotopic (exact) mass is 489 g/mol. The summed E-state index contributed by atoms with van der Waals surface area (Å²) >= 11 is 3.55. The Kier molecular flexibility index (Phi) is 5.45. The summed E-state index contributed by atoms with van der Waals surface area (Å²) in [6, 6.07) is 21.2. The van der Waals surface area contributed by atoms with Gasteiger partial charge in [0.25, 0.3) is 5.91 Å². The summed E-state index contributed by atoms with van der Waals surface area (Å²) in [4.78, 5) is 15.3. The molecular weight excluding hydrogens is 470 g/mol. The number of benzene rings is 3. The number of halogens is 1. The Balaban J connectivity index is 1.56. The Hall–Kier alpha value is -3.51. The molecule has 2 aliphatic heterocycles. The molecule has 6 heteroatoms. The van der Waals surface area contributed by atoms with Crippen LogP contribution in [0.5, 0.6) is 17.2 Å². The average Bonchev–Trinajstić information content (AvgIpc) is 3.40. The molecule has 0 radical (unpaired) electrons. The normalized spacial score (nSPS) is 15.9. The first kappa shape index (κ1) is 20.4. The van der Waals surface area contributed by atoms with E-state index in [1.807, 2.05) is 85.8 Å². The van der Waals surface area contributed by atoms with Gasteiger partial charge in [-0.3, -0.25) is 9.69 Å². The first-order valence-corrected chi connectivity index (χ1v) is 11.1. The van der Waals surface area contributed by atoms with Crippen LogP contribution in [0.25, 0.3) is 11.8 Å². The van der Waals surface area contributed by atoms with Crippen LogP contribution < -0.4 is 19.1 Å². The quantitative estimate of drug-likeness (QED) is 0.409. The number of carbonyl (C=O) groups is 1. The van der Waals surface area contributed by atoms with E-state index in [4.69, 9.17) is 14.2 Å². The number of fused-ring (bicyclic) bond motifs is 1. The van der Waals surface area contributed by atoms with Crippen molar-refractivity contribution in [3.8, 4) is 17.2 Å². The van der Waals surface area contributed by atoms with Gasteiger partial charge in [0.05, 0.1) is 22.5 Å². The van der Waals surface area contributed by atoms with E-state index >= 15 is 0 Å². The topological polar surface area (TPSA) is 48.0 Å². The van der Waals surface area contributed by atoms with Gasteiger partial charge in [0.1, 0.15) is 5.75 Å². The SMILES string of the molecule is CCOc1ccc(/C=C2\C=C(c3ccccc3)N(c3ccc4c(c3)OCO4)C2=O)cc1Br. The highest BCUT2D eigenvalue weighted by atomic mass is 79.9. The molecule has 0 spiro atoms. The lowest BCUT2D eigenvalue weighted by Crippen LogP contribution is -2.24. The van der Waals surface area contributed by atoms with Gasteiger partial charge in [0.2, 0.25) is 6.79 Å². The molecule has 32 heavy (non-hydrogen) atoms. The lowest BCUT2D eigenvalue weighted by atomic mass is 10.1. The van der Waals surface area contributed by atoms with E-state index in [-0.39, 0.29) is 12.7 Å². The summed E-state index contributed by atoms with van der Waals surface area (Å²) in [6.45, 7) is 2.72. The molecule has 3 aromatic carbocycles. The van der Waals surface area contributed by atoms with E-state index in [0.29, 0.717) is 23.7 Å². The lowest BCUT2D eigenvalue weighted by Gasteiger charge is -2.21.